The summed E-state index contributed by atoms with van der Waals surface area (Å²) in [7, 11) is -7.79. The Balaban J connectivity index is 1.88. The summed E-state index contributed by atoms with van der Waals surface area (Å²) >= 11 is 0. The fraction of sp³-hybridized carbons (Fsp3) is 0.167. The van der Waals surface area contributed by atoms with Gasteiger partial charge in [-0.1, -0.05) is 6.07 Å². The molecule has 29 heavy (non-hydrogen) atoms. The van der Waals surface area contributed by atoms with Crippen molar-refractivity contribution in [3.8, 4) is 5.69 Å². The standard InChI is InChI=1S/C18H19FN4O4S2/c1-12-21-7-8-23(12)17-6-3-13(9-15(17)19)11-22-16-5-4-14(29(20,26)27)10-18(16)28(2,24)25/h3-10,22H,11H2,1-2H3,(H2,20,26,27). The van der Waals surface area contributed by atoms with Crippen molar-refractivity contribution < 1.29 is 21.2 Å². The number of sulfonamides is 1. The van der Waals surface area contributed by atoms with Crippen molar-refractivity contribution in [2.24, 2.45) is 5.14 Å². The molecule has 1 aromatic heterocycles. The van der Waals surface area contributed by atoms with Crippen molar-refractivity contribution in [3.05, 3.63) is 66.0 Å². The summed E-state index contributed by atoms with van der Waals surface area (Å²) in [4.78, 5) is 3.54. The number of rotatable bonds is 6. The van der Waals surface area contributed by atoms with Crippen LogP contribution in [0.4, 0.5) is 10.1 Å². The summed E-state index contributed by atoms with van der Waals surface area (Å²) in [5, 5.41) is 7.98. The van der Waals surface area contributed by atoms with Gasteiger partial charge >= 0.3 is 0 Å². The van der Waals surface area contributed by atoms with Crippen molar-refractivity contribution >= 4 is 25.5 Å². The number of sulfone groups is 1. The quantitative estimate of drug-likeness (QED) is 0.606. The van der Waals surface area contributed by atoms with E-state index in [1.165, 1.54) is 18.2 Å². The number of halogens is 1. The molecule has 11 heteroatoms. The Morgan fingerprint density at radius 3 is 2.41 bits per heavy atom. The van der Waals surface area contributed by atoms with E-state index in [9.17, 15) is 21.2 Å². The van der Waals surface area contributed by atoms with Crippen LogP contribution in [0.25, 0.3) is 5.69 Å². The van der Waals surface area contributed by atoms with E-state index in [1.807, 2.05) is 0 Å². The lowest BCUT2D eigenvalue weighted by molar-refractivity contribution is 0.597. The first-order valence-electron chi connectivity index (χ1n) is 8.36. The van der Waals surface area contributed by atoms with E-state index >= 15 is 0 Å². The third-order valence-electron chi connectivity index (χ3n) is 4.26. The van der Waals surface area contributed by atoms with Crippen LogP contribution < -0.4 is 10.5 Å². The molecule has 0 aliphatic carbocycles. The SMILES string of the molecule is Cc1nccn1-c1ccc(CNc2ccc(S(N)(=O)=O)cc2S(C)(=O)=O)cc1F. The number of imidazole rings is 1. The highest BCUT2D eigenvalue weighted by atomic mass is 32.2. The molecular formula is C18H19FN4O4S2. The maximum Gasteiger partial charge on any atom is 0.238 e. The summed E-state index contributed by atoms with van der Waals surface area (Å²) in [6.07, 6.45) is 4.18. The van der Waals surface area contributed by atoms with Gasteiger partial charge in [-0.15, -0.1) is 0 Å². The first kappa shape index (κ1) is 21.0. The molecule has 0 spiro atoms. The van der Waals surface area contributed by atoms with Crippen LogP contribution in [0, 0.1) is 12.7 Å². The molecule has 3 rings (SSSR count). The number of aryl methyl sites for hydroxylation is 1. The number of nitrogens with two attached hydrogens (primary N) is 1. The van der Waals surface area contributed by atoms with Gasteiger partial charge in [0.25, 0.3) is 0 Å². The van der Waals surface area contributed by atoms with E-state index in [1.54, 1.807) is 36.0 Å². The highest BCUT2D eigenvalue weighted by molar-refractivity contribution is 7.91. The van der Waals surface area contributed by atoms with Crippen LogP contribution in [0.2, 0.25) is 0 Å². The third-order valence-corrected chi connectivity index (χ3v) is 6.31. The van der Waals surface area contributed by atoms with Gasteiger partial charge in [-0.05, 0) is 42.8 Å². The van der Waals surface area contributed by atoms with Gasteiger partial charge < -0.3 is 9.88 Å². The largest absolute Gasteiger partial charge is 0.380 e. The Labute approximate surface area is 168 Å². The van der Waals surface area contributed by atoms with Gasteiger partial charge in [-0.3, -0.25) is 0 Å². The molecule has 8 nitrogen and oxygen atoms in total. The van der Waals surface area contributed by atoms with Gasteiger partial charge in [-0.2, -0.15) is 0 Å². The molecule has 0 fully saturated rings. The zero-order valence-corrected chi connectivity index (χ0v) is 17.3. The molecule has 1 heterocycles. The van der Waals surface area contributed by atoms with Gasteiger partial charge in [0.2, 0.25) is 10.0 Å². The van der Waals surface area contributed by atoms with Gasteiger partial charge in [0, 0.05) is 25.2 Å². The summed E-state index contributed by atoms with van der Waals surface area (Å²) in [5.74, 6) is 0.181. The molecule has 3 N–H and O–H groups in total. The smallest absolute Gasteiger partial charge is 0.238 e. The molecule has 154 valence electrons. The van der Waals surface area contributed by atoms with Crippen molar-refractivity contribution in [2.45, 2.75) is 23.3 Å². The minimum atomic E-state index is -4.05. The monoisotopic (exact) mass is 438 g/mol. The summed E-state index contributed by atoms with van der Waals surface area (Å²) < 4.78 is 63.3. The second-order valence-electron chi connectivity index (χ2n) is 6.46. The van der Waals surface area contributed by atoms with Crippen molar-refractivity contribution in [1.82, 2.24) is 9.55 Å². The van der Waals surface area contributed by atoms with Crippen LogP contribution >= 0.6 is 0 Å². The van der Waals surface area contributed by atoms with Crippen molar-refractivity contribution in [1.29, 1.82) is 0 Å². The molecule has 3 aromatic rings. The van der Waals surface area contributed by atoms with Crippen LogP contribution in [-0.2, 0) is 26.4 Å². The Bertz CT molecular complexity index is 1280. The minimum absolute atomic E-state index is 0.122. The first-order valence-corrected chi connectivity index (χ1v) is 11.8. The zero-order chi connectivity index (χ0) is 21.4. The van der Waals surface area contributed by atoms with E-state index in [0.29, 0.717) is 17.1 Å². The van der Waals surface area contributed by atoms with E-state index in [2.05, 4.69) is 10.3 Å². The molecule has 2 aromatic carbocycles. The number of hydrogen-bond acceptors (Lipinski definition) is 6. The molecule has 0 atom stereocenters. The van der Waals surface area contributed by atoms with Crippen LogP contribution in [0.3, 0.4) is 0 Å². The predicted octanol–water partition coefficient (Wildman–Crippen LogP) is 1.98. The Morgan fingerprint density at radius 1 is 1.14 bits per heavy atom. The molecular weight excluding hydrogens is 419 g/mol. The second kappa shape index (κ2) is 7.58. The topological polar surface area (TPSA) is 124 Å². The van der Waals surface area contributed by atoms with Gasteiger partial charge in [-0.25, -0.2) is 31.3 Å². The Hall–Kier alpha value is -2.76. The van der Waals surface area contributed by atoms with E-state index in [0.717, 1.165) is 12.3 Å². The highest BCUT2D eigenvalue weighted by Crippen LogP contribution is 2.25. The van der Waals surface area contributed by atoms with Gasteiger partial charge in [0.05, 0.1) is 21.2 Å². The highest BCUT2D eigenvalue weighted by Gasteiger charge is 2.18. The molecule has 0 radical (unpaired) electrons. The number of benzene rings is 2. The second-order valence-corrected chi connectivity index (χ2v) is 10.0. The normalized spacial score (nSPS) is 12.1. The number of nitrogens with zero attached hydrogens (tertiary/aromatic N) is 2. The summed E-state index contributed by atoms with van der Waals surface area (Å²) in [6.45, 7) is 1.88. The average molecular weight is 439 g/mol. The van der Waals surface area contributed by atoms with Gasteiger partial charge in [0.15, 0.2) is 9.84 Å². The average Bonchev–Trinajstić information content (AvgIpc) is 3.04. The minimum Gasteiger partial charge on any atom is -0.380 e. The number of aromatic nitrogens is 2. The summed E-state index contributed by atoms with van der Waals surface area (Å²) in [6, 6.07) is 8.15. The molecule has 0 aliphatic rings. The van der Waals surface area contributed by atoms with Crippen LogP contribution in [0.1, 0.15) is 11.4 Å². The molecule has 0 saturated carbocycles. The van der Waals surface area contributed by atoms with E-state index in [-0.39, 0.29) is 22.0 Å². The lowest BCUT2D eigenvalue weighted by Crippen LogP contribution is -2.14. The fourth-order valence-corrected chi connectivity index (χ4v) is 4.31. The maximum atomic E-state index is 14.5. The van der Waals surface area contributed by atoms with Crippen molar-refractivity contribution in [3.63, 3.8) is 0 Å². The number of primary sulfonamides is 1. The van der Waals surface area contributed by atoms with E-state index in [4.69, 9.17) is 5.14 Å². The molecule has 0 unspecified atom stereocenters. The summed E-state index contributed by atoms with van der Waals surface area (Å²) in [5.41, 5.74) is 1.10. The molecule has 0 aliphatic heterocycles. The maximum absolute atomic E-state index is 14.5. The van der Waals surface area contributed by atoms with E-state index < -0.39 is 25.7 Å². The number of nitrogens with one attached hydrogen (secondary N) is 1. The lowest BCUT2D eigenvalue weighted by Gasteiger charge is -2.13. The van der Waals surface area contributed by atoms with Crippen LogP contribution in [0.15, 0.2) is 58.6 Å². The third kappa shape index (κ3) is 4.63. The zero-order valence-electron chi connectivity index (χ0n) is 15.6. The molecule has 0 saturated heterocycles. The number of hydrogen-bond donors (Lipinski definition) is 2. The predicted molar refractivity (Wildman–Crippen MR) is 107 cm³/mol. The fourth-order valence-electron chi connectivity index (χ4n) is 2.82. The number of anilines is 1. The Morgan fingerprint density at radius 2 is 1.86 bits per heavy atom. The van der Waals surface area contributed by atoms with Crippen LogP contribution in [-0.4, -0.2) is 32.6 Å². The molecule has 0 bridgehead atoms. The Kier molecular flexibility index (Phi) is 5.48. The lowest BCUT2D eigenvalue weighted by atomic mass is 10.2. The first-order chi connectivity index (χ1) is 13.5. The van der Waals surface area contributed by atoms with Crippen LogP contribution in [0.5, 0.6) is 0 Å². The molecule has 0 amide bonds. The van der Waals surface area contributed by atoms with Crippen molar-refractivity contribution in [2.75, 3.05) is 11.6 Å². The van der Waals surface area contributed by atoms with Gasteiger partial charge in [0.1, 0.15) is 11.6 Å².